The Morgan fingerprint density at radius 3 is 1.91 bits per heavy atom. The summed E-state index contributed by atoms with van der Waals surface area (Å²) >= 11 is 0. The van der Waals surface area contributed by atoms with E-state index in [9.17, 15) is 24.3 Å². The van der Waals surface area contributed by atoms with E-state index in [1.54, 1.807) is 25.1 Å². The standard InChI is InChI=1S/C34H58N4O7/c1-11-12-15-25(36-32(41)24-14-13-16-29(44-9)30(24)45-10)33(42)37-26(17-20(2)3)28(39)19-23(8)31(40)38-27(18-21(4)5)34(43)35-22(6)7/h13-14,16,20-23,25-28,39H,11-12,15,17-19H2,1-10H3,(H,35,43)(H,36,41)(H,37,42)(H,38,40)/t23-,25+,26+,27+,28+/m1/s1. The van der Waals surface area contributed by atoms with Crippen LogP contribution in [0.3, 0.4) is 0 Å². The Hall–Kier alpha value is -3.34. The molecule has 0 fully saturated rings. The van der Waals surface area contributed by atoms with Crippen molar-refractivity contribution in [1.29, 1.82) is 0 Å². The first-order valence-corrected chi connectivity index (χ1v) is 16.3. The van der Waals surface area contributed by atoms with Crippen molar-refractivity contribution in [1.82, 2.24) is 21.3 Å². The van der Waals surface area contributed by atoms with Crippen LogP contribution >= 0.6 is 0 Å². The van der Waals surface area contributed by atoms with Crippen LogP contribution in [0.5, 0.6) is 11.5 Å². The van der Waals surface area contributed by atoms with Crippen LogP contribution in [-0.4, -0.2) is 73.2 Å². The number of carbonyl (C=O) groups is 4. The Bertz CT molecular complexity index is 1090. The molecule has 0 aliphatic carbocycles. The van der Waals surface area contributed by atoms with Crippen LogP contribution in [0.25, 0.3) is 0 Å². The number of aliphatic hydroxyl groups is 1. The monoisotopic (exact) mass is 634 g/mol. The summed E-state index contributed by atoms with van der Waals surface area (Å²) in [7, 11) is 2.93. The summed E-state index contributed by atoms with van der Waals surface area (Å²) in [5.74, 6) is -1.11. The zero-order valence-corrected chi connectivity index (χ0v) is 29.0. The van der Waals surface area contributed by atoms with Crippen molar-refractivity contribution in [2.45, 2.75) is 124 Å². The van der Waals surface area contributed by atoms with Gasteiger partial charge < -0.3 is 35.8 Å². The van der Waals surface area contributed by atoms with E-state index < -0.39 is 42.0 Å². The van der Waals surface area contributed by atoms with Crippen LogP contribution in [0.15, 0.2) is 18.2 Å². The topological polar surface area (TPSA) is 155 Å². The maximum atomic E-state index is 13.6. The number of nitrogens with one attached hydrogen (secondary N) is 4. The minimum Gasteiger partial charge on any atom is -0.493 e. The second-order valence-electron chi connectivity index (χ2n) is 13.0. The summed E-state index contributed by atoms with van der Waals surface area (Å²) < 4.78 is 10.7. The molecule has 11 heteroatoms. The first kappa shape index (κ1) is 39.7. The van der Waals surface area contributed by atoms with Crippen LogP contribution in [0.4, 0.5) is 0 Å². The summed E-state index contributed by atoms with van der Waals surface area (Å²) in [6, 6.07) is 2.69. The second kappa shape index (κ2) is 19.9. The van der Waals surface area contributed by atoms with Gasteiger partial charge in [0.15, 0.2) is 11.5 Å². The predicted octanol–water partition coefficient (Wildman–Crippen LogP) is 3.97. The lowest BCUT2D eigenvalue weighted by atomic mass is 9.91. The van der Waals surface area contributed by atoms with Crippen LogP contribution < -0.4 is 30.7 Å². The van der Waals surface area contributed by atoms with Crippen molar-refractivity contribution in [3.05, 3.63) is 23.8 Å². The molecule has 0 aliphatic heterocycles. The molecule has 0 saturated heterocycles. The average Bonchev–Trinajstić information content (AvgIpc) is 2.96. The van der Waals surface area contributed by atoms with Gasteiger partial charge >= 0.3 is 0 Å². The number of carbonyl (C=O) groups excluding carboxylic acids is 4. The SMILES string of the molecule is CCCC[C@H](NC(=O)c1cccc(OC)c1OC)C(=O)N[C@@H](CC(C)C)[C@@H](O)C[C@@H](C)C(=O)N[C@@H](CC(C)C)C(=O)NC(C)C. The highest BCUT2D eigenvalue weighted by molar-refractivity contribution is 6.00. The van der Waals surface area contributed by atoms with Crippen molar-refractivity contribution in [3.8, 4) is 11.5 Å². The molecule has 0 spiro atoms. The molecule has 0 unspecified atom stereocenters. The van der Waals surface area contributed by atoms with Crippen molar-refractivity contribution in [3.63, 3.8) is 0 Å². The van der Waals surface area contributed by atoms with E-state index in [4.69, 9.17) is 9.47 Å². The summed E-state index contributed by atoms with van der Waals surface area (Å²) in [5, 5.41) is 22.8. The highest BCUT2D eigenvalue weighted by Crippen LogP contribution is 2.30. The third-order valence-corrected chi connectivity index (χ3v) is 7.45. The van der Waals surface area contributed by atoms with E-state index in [1.165, 1.54) is 14.2 Å². The Morgan fingerprint density at radius 2 is 1.38 bits per heavy atom. The van der Waals surface area contributed by atoms with Gasteiger partial charge in [-0.2, -0.15) is 0 Å². The van der Waals surface area contributed by atoms with Gasteiger partial charge in [0.25, 0.3) is 5.91 Å². The van der Waals surface area contributed by atoms with E-state index in [0.29, 0.717) is 31.4 Å². The predicted molar refractivity (Wildman–Crippen MR) is 176 cm³/mol. The average molecular weight is 635 g/mol. The number of aliphatic hydroxyl groups excluding tert-OH is 1. The zero-order valence-electron chi connectivity index (χ0n) is 29.0. The number of para-hydroxylation sites is 1. The maximum Gasteiger partial charge on any atom is 0.255 e. The normalized spacial score (nSPS) is 14.7. The number of benzene rings is 1. The molecule has 256 valence electrons. The fourth-order valence-electron chi connectivity index (χ4n) is 5.12. The minimum atomic E-state index is -1.04. The van der Waals surface area contributed by atoms with E-state index in [2.05, 4.69) is 21.3 Å². The van der Waals surface area contributed by atoms with Crippen molar-refractivity contribution in [2.24, 2.45) is 17.8 Å². The van der Waals surface area contributed by atoms with Gasteiger partial charge in [-0.25, -0.2) is 0 Å². The van der Waals surface area contributed by atoms with Gasteiger partial charge in [-0.1, -0.05) is 60.5 Å². The molecular weight excluding hydrogens is 576 g/mol. The molecule has 0 aliphatic rings. The number of unbranched alkanes of at least 4 members (excludes halogenated alkanes) is 1. The molecular formula is C34H58N4O7. The van der Waals surface area contributed by atoms with Gasteiger partial charge in [0, 0.05) is 12.0 Å². The van der Waals surface area contributed by atoms with Gasteiger partial charge in [0.1, 0.15) is 12.1 Å². The minimum absolute atomic E-state index is 0.0628. The zero-order chi connectivity index (χ0) is 34.3. The Kier molecular flexibility index (Phi) is 17.6. The second-order valence-corrected chi connectivity index (χ2v) is 13.0. The number of amides is 4. The Morgan fingerprint density at radius 1 is 0.756 bits per heavy atom. The van der Waals surface area contributed by atoms with E-state index in [-0.39, 0.29) is 47.4 Å². The molecule has 0 bridgehead atoms. The van der Waals surface area contributed by atoms with Crippen molar-refractivity contribution in [2.75, 3.05) is 14.2 Å². The van der Waals surface area contributed by atoms with Crippen molar-refractivity contribution < 1.29 is 33.8 Å². The third kappa shape index (κ3) is 13.7. The van der Waals surface area contributed by atoms with Crippen LogP contribution in [0, 0.1) is 17.8 Å². The van der Waals surface area contributed by atoms with Gasteiger partial charge in [0.05, 0.1) is 31.9 Å². The maximum absolute atomic E-state index is 13.6. The van der Waals surface area contributed by atoms with Gasteiger partial charge in [0.2, 0.25) is 17.7 Å². The van der Waals surface area contributed by atoms with E-state index in [0.717, 1.165) is 6.42 Å². The highest BCUT2D eigenvalue weighted by Gasteiger charge is 2.31. The van der Waals surface area contributed by atoms with Crippen LogP contribution in [0.1, 0.15) is 104 Å². The van der Waals surface area contributed by atoms with Gasteiger partial charge in [-0.05, 0) is 63.5 Å². The molecule has 4 amide bonds. The fraction of sp³-hybridized carbons (Fsp3) is 0.706. The number of rotatable bonds is 20. The van der Waals surface area contributed by atoms with Gasteiger partial charge in [-0.15, -0.1) is 0 Å². The van der Waals surface area contributed by atoms with E-state index >= 15 is 0 Å². The third-order valence-electron chi connectivity index (χ3n) is 7.45. The number of methoxy groups -OCH3 is 2. The molecule has 1 aromatic carbocycles. The smallest absolute Gasteiger partial charge is 0.255 e. The molecule has 1 rings (SSSR count). The lowest BCUT2D eigenvalue weighted by Crippen LogP contribution is -2.54. The van der Waals surface area contributed by atoms with Crippen LogP contribution in [-0.2, 0) is 14.4 Å². The quantitative estimate of drug-likeness (QED) is 0.145. The molecule has 0 heterocycles. The van der Waals surface area contributed by atoms with Gasteiger partial charge in [-0.3, -0.25) is 19.2 Å². The van der Waals surface area contributed by atoms with Crippen LogP contribution in [0.2, 0.25) is 0 Å². The van der Waals surface area contributed by atoms with Crippen molar-refractivity contribution >= 4 is 23.6 Å². The summed E-state index contributed by atoms with van der Waals surface area (Å²) in [6.45, 7) is 15.4. The molecule has 0 saturated carbocycles. The molecule has 0 radical (unpaired) electrons. The number of hydrogen-bond acceptors (Lipinski definition) is 7. The first-order chi connectivity index (χ1) is 21.1. The highest BCUT2D eigenvalue weighted by atomic mass is 16.5. The molecule has 0 aromatic heterocycles. The lowest BCUT2D eigenvalue weighted by Gasteiger charge is -2.30. The Balaban J connectivity index is 3.08. The lowest BCUT2D eigenvalue weighted by molar-refractivity contribution is -0.132. The first-order valence-electron chi connectivity index (χ1n) is 16.3. The number of ether oxygens (including phenoxy) is 2. The molecule has 5 N–H and O–H groups in total. The summed E-state index contributed by atoms with van der Waals surface area (Å²) in [5.41, 5.74) is 0.239. The molecule has 11 nitrogen and oxygen atoms in total. The number of hydrogen-bond donors (Lipinski definition) is 5. The summed E-state index contributed by atoms with van der Waals surface area (Å²) in [4.78, 5) is 52.8. The summed E-state index contributed by atoms with van der Waals surface area (Å²) in [6.07, 6.45) is 1.91. The molecule has 5 atom stereocenters. The molecule has 45 heavy (non-hydrogen) atoms. The molecule has 1 aromatic rings. The Labute approximate surface area is 270 Å². The fourth-order valence-corrected chi connectivity index (χ4v) is 5.12. The van der Waals surface area contributed by atoms with E-state index in [1.807, 2.05) is 48.5 Å². The largest absolute Gasteiger partial charge is 0.493 e.